The maximum Gasteiger partial charge on any atom is 0.441 e. The van der Waals surface area contributed by atoms with Crippen LogP contribution in [0.15, 0.2) is 12.3 Å². The molecule has 0 fully saturated rings. The summed E-state index contributed by atoms with van der Waals surface area (Å²) in [5.74, 6) is 0.227. The van der Waals surface area contributed by atoms with Gasteiger partial charge in [0.25, 0.3) is 0 Å². The Bertz CT molecular complexity index is 359. The van der Waals surface area contributed by atoms with E-state index in [1.54, 1.807) is 0 Å². The van der Waals surface area contributed by atoms with Gasteiger partial charge in [-0.2, -0.15) is 13.2 Å². The van der Waals surface area contributed by atoms with E-state index in [1.807, 2.05) is 0 Å². The van der Waals surface area contributed by atoms with Crippen LogP contribution in [-0.4, -0.2) is 22.8 Å². The molecule has 1 rings (SSSR count). The summed E-state index contributed by atoms with van der Waals surface area (Å²) in [4.78, 5) is 3.85. The summed E-state index contributed by atoms with van der Waals surface area (Å²) < 4.78 is 35.4. The van der Waals surface area contributed by atoms with Crippen molar-refractivity contribution >= 4 is 34.9 Å². The Balaban J connectivity index is 2.38. The molecule has 0 amide bonds. The van der Waals surface area contributed by atoms with E-state index in [2.05, 4.69) is 10.3 Å². The molecule has 0 aliphatic heterocycles. The van der Waals surface area contributed by atoms with Crippen LogP contribution in [0, 0.1) is 0 Å². The van der Waals surface area contributed by atoms with Gasteiger partial charge < -0.3 is 11.1 Å². The van der Waals surface area contributed by atoms with Crippen LogP contribution in [0.25, 0.3) is 0 Å². The Morgan fingerprint density at radius 2 is 2.19 bits per heavy atom. The third kappa shape index (κ3) is 4.80. The normalized spacial score (nSPS) is 11.5. The third-order valence-electron chi connectivity index (χ3n) is 1.52. The number of thioether (sulfide) groups is 1. The molecule has 3 nitrogen and oxygen atoms in total. The lowest BCUT2D eigenvalue weighted by molar-refractivity contribution is -0.0327. The van der Waals surface area contributed by atoms with Gasteiger partial charge in [-0.05, 0) is 17.8 Å². The lowest BCUT2D eigenvalue weighted by atomic mass is 10.4. The van der Waals surface area contributed by atoms with E-state index in [0.29, 0.717) is 11.5 Å². The summed E-state index contributed by atoms with van der Waals surface area (Å²) in [6.07, 6.45) is 1.38. The Labute approximate surface area is 99.6 Å². The van der Waals surface area contributed by atoms with Gasteiger partial charge in [0.1, 0.15) is 5.82 Å². The summed E-state index contributed by atoms with van der Waals surface area (Å²) in [6.45, 7) is 0.126. The van der Waals surface area contributed by atoms with Crippen LogP contribution in [0.5, 0.6) is 0 Å². The van der Waals surface area contributed by atoms with E-state index in [-0.39, 0.29) is 29.1 Å². The minimum Gasteiger partial charge on any atom is -0.397 e. The number of halogens is 4. The topological polar surface area (TPSA) is 50.9 Å². The van der Waals surface area contributed by atoms with E-state index in [1.165, 1.54) is 12.3 Å². The maximum absolute atomic E-state index is 11.8. The first-order valence-corrected chi connectivity index (χ1v) is 5.60. The highest BCUT2D eigenvalue weighted by molar-refractivity contribution is 8.00. The van der Waals surface area contributed by atoms with E-state index >= 15 is 0 Å². The van der Waals surface area contributed by atoms with Crippen molar-refractivity contribution in [3.05, 3.63) is 17.3 Å². The van der Waals surface area contributed by atoms with Crippen molar-refractivity contribution < 1.29 is 13.2 Å². The molecule has 0 saturated heterocycles. The zero-order valence-electron chi connectivity index (χ0n) is 8.01. The van der Waals surface area contributed by atoms with Crippen LogP contribution in [0.2, 0.25) is 5.02 Å². The van der Waals surface area contributed by atoms with E-state index in [4.69, 9.17) is 17.3 Å². The van der Waals surface area contributed by atoms with Crippen LogP contribution in [0.3, 0.4) is 0 Å². The predicted molar refractivity (Wildman–Crippen MR) is 60.7 cm³/mol. The Morgan fingerprint density at radius 1 is 1.50 bits per heavy atom. The van der Waals surface area contributed by atoms with Crippen LogP contribution < -0.4 is 11.1 Å². The number of aromatic nitrogens is 1. The summed E-state index contributed by atoms with van der Waals surface area (Å²) in [7, 11) is 0. The molecule has 0 bridgehead atoms. The molecule has 0 radical (unpaired) electrons. The van der Waals surface area contributed by atoms with Gasteiger partial charge in [0.05, 0.1) is 16.9 Å². The van der Waals surface area contributed by atoms with Crippen LogP contribution in [0.1, 0.15) is 0 Å². The van der Waals surface area contributed by atoms with Crippen molar-refractivity contribution in [3.63, 3.8) is 0 Å². The first-order chi connectivity index (χ1) is 7.38. The highest BCUT2D eigenvalue weighted by Crippen LogP contribution is 2.29. The summed E-state index contributed by atoms with van der Waals surface area (Å²) >= 11 is 5.67. The first-order valence-electron chi connectivity index (χ1n) is 4.24. The maximum atomic E-state index is 11.8. The quantitative estimate of drug-likeness (QED) is 0.827. The summed E-state index contributed by atoms with van der Waals surface area (Å²) in [6, 6.07) is 1.48. The average Bonchev–Trinajstić information content (AvgIpc) is 2.13. The predicted octanol–water partition coefficient (Wildman–Crippen LogP) is 2.98. The second-order valence-corrected chi connectivity index (χ2v) is 4.39. The highest BCUT2D eigenvalue weighted by Gasteiger charge is 2.27. The van der Waals surface area contributed by atoms with Gasteiger partial charge in [-0.15, -0.1) is 0 Å². The molecule has 90 valence electrons. The van der Waals surface area contributed by atoms with Gasteiger partial charge in [0.2, 0.25) is 0 Å². The smallest absolute Gasteiger partial charge is 0.397 e. The van der Waals surface area contributed by atoms with Crippen LogP contribution in [0.4, 0.5) is 24.7 Å². The van der Waals surface area contributed by atoms with Crippen molar-refractivity contribution in [3.8, 4) is 0 Å². The average molecular weight is 272 g/mol. The van der Waals surface area contributed by atoms with Crippen LogP contribution >= 0.6 is 23.4 Å². The standard InChI is InChI=1S/C8H9ClF3N3S/c9-6-3-5(13)4-15-7(6)14-1-2-16-8(10,11)12/h3-4H,1-2,13H2,(H,14,15). The Morgan fingerprint density at radius 3 is 2.75 bits per heavy atom. The van der Waals surface area contributed by atoms with Gasteiger partial charge in [-0.3, -0.25) is 0 Å². The molecule has 1 aromatic rings. The van der Waals surface area contributed by atoms with Gasteiger partial charge in [-0.25, -0.2) is 4.98 Å². The minimum absolute atomic E-state index is 0.0962. The molecule has 0 aliphatic carbocycles. The number of nitrogens with two attached hydrogens (primary N) is 1. The Kier molecular flexibility index (Phi) is 4.55. The van der Waals surface area contributed by atoms with Crippen molar-refractivity contribution in [2.45, 2.75) is 5.51 Å². The number of nitrogens with zero attached hydrogens (tertiary/aromatic N) is 1. The number of hydrogen-bond donors (Lipinski definition) is 2. The van der Waals surface area contributed by atoms with Gasteiger partial charge >= 0.3 is 5.51 Å². The molecule has 3 N–H and O–H groups in total. The number of pyridine rings is 1. The van der Waals surface area contributed by atoms with Crippen molar-refractivity contribution in [2.75, 3.05) is 23.3 Å². The second-order valence-electron chi connectivity index (χ2n) is 2.82. The fourth-order valence-corrected chi connectivity index (χ4v) is 1.60. The van der Waals surface area contributed by atoms with Crippen LogP contribution in [-0.2, 0) is 0 Å². The molecule has 16 heavy (non-hydrogen) atoms. The molecular formula is C8H9ClF3N3S. The molecule has 0 unspecified atom stereocenters. The van der Waals surface area contributed by atoms with Crippen molar-refractivity contribution in [1.29, 1.82) is 0 Å². The molecule has 0 spiro atoms. The fraction of sp³-hybridized carbons (Fsp3) is 0.375. The third-order valence-corrected chi connectivity index (χ3v) is 2.55. The van der Waals surface area contributed by atoms with Crippen molar-refractivity contribution in [1.82, 2.24) is 4.98 Å². The minimum atomic E-state index is -4.21. The largest absolute Gasteiger partial charge is 0.441 e. The second kappa shape index (κ2) is 5.49. The zero-order valence-corrected chi connectivity index (χ0v) is 9.59. The molecule has 1 heterocycles. The first kappa shape index (κ1) is 13.2. The fourth-order valence-electron chi connectivity index (χ4n) is 0.919. The Hall–Kier alpha value is -0.820. The monoisotopic (exact) mass is 271 g/mol. The number of alkyl halides is 3. The van der Waals surface area contributed by atoms with Gasteiger partial charge in [-0.1, -0.05) is 11.6 Å². The summed E-state index contributed by atoms with van der Waals surface area (Å²) in [5.41, 5.74) is 1.61. The molecule has 0 aromatic carbocycles. The number of nitrogens with one attached hydrogen (secondary N) is 1. The molecule has 0 atom stereocenters. The molecular weight excluding hydrogens is 263 g/mol. The number of nitrogen functional groups attached to an aromatic ring is 1. The lowest BCUT2D eigenvalue weighted by Gasteiger charge is -2.08. The molecule has 0 aliphatic rings. The van der Waals surface area contributed by atoms with Gasteiger partial charge in [0.15, 0.2) is 0 Å². The van der Waals surface area contributed by atoms with E-state index < -0.39 is 5.51 Å². The number of anilines is 2. The lowest BCUT2D eigenvalue weighted by Crippen LogP contribution is -2.10. The number of hydrogen-bond acceptors (Lipinski definition) is 4. The molecule has 1 aromatic heterocycles. The zero-order chi connectivity index (χ0) is 12.2. The SMILES string of the molecule is Nc1cnc(NCCSC(F)(F)F)c(Cl)c1. The number of rotatable bonds is 4. The van der Waals surface area contributed by atoms with Gasteiger partial charge in [0, 0.05) is 12.3 Å². The van der Waals surface area contributed by atoms with E-state index in [0.717, 1.165) is 0 Å². The van der Waals surface area contributed by atoms with E-state index in [9.17, 15) is 13.2 Å². The van der Waals surface area contributed by atoms with Crippen molar-refractivity contribution in [2.24, 2.45) is 0 Å². The highest BCUT2D eigenvalue weighted by atomic mass is 35.5. The molecule has 0 saturated carbocycles. The molecule has 8 heteroatoms. The summed E-state index contributed by atoms with van der Waals surface area (Å²) in [5, 5.41) is 2.98.